The van der Waals surface area contributed by atoms with Crippen molar-refractivity contribution in [2.24, 2.45) is 5.41 Å². The molecule has 0 nitrogen and oxygen atoms in total. The highest BCUT2D eigenvalue weighted by atomic mass is 14.4. The van der Waals surface area contributed by atoms with E-state index in [0.717, 1.165) is 6.42 Å². The number of rotatable bonds is 0. The zero-order valence-electron chi connectivity index (χ0n) is 25.2. The van der Waals surface area contributed by atoms with Gasteiger partial charge in [-0.1, -0.05) is 121 Å². The minimum Gasteiger partial charge on any atom is -0.0692 e. The van der Waals surface area contributed by atoms with E-state index in [1.165, 1.54) is 97.3 Å². The van der Waals surface area contributed by atoms with Crippen LogP contribution in [0.3, 0.4) is 0 Å². The number of allylic oxidation sites excluding steroid dienone is 5. The van der Waals surface area contributed by atoms with Gasteiger partial charge in [0, 0.05) is 5.41 Å². The molecule has 1 unspecified atom stereocenters. The van der Waals surface area contributed by atoms with Crippen LogP contribution in [0, 0.1) is 5.41 Å². The molecule has 0 saturated heterocycles. The van der Waals surface area contributed by atoms with Crippen LogP contribution >= 0.6 is 0 Å². The molecule has 212 valence electrons. The number of hydrogen-bond donors (Lipinski definition) is 0. The Bertz CT molecular complexity index is 2930. The van der Waals surface area contributed by atoms with Gasteiger partial charge in [0.25, 0.3) is 0 Å². The molecule has 8 aromatic rings. The maximum atomic E-state index is 2.51. The van der Waals surface area contributed by atoms with Crippen LogP contribution in [0.4, 0.5) is 0 Å². The van der Waals surface area contributed by atoms with E-state index in [0.29, 0.717) is 0 Å². The maximum absolute atomic E-state index is 2.51. The first kappa shape index (κ1) is 24.6. The Morgan fingerprint density at radius 1 is 0.457 bits per heavy atom. The van der Waals surface area contributed by atoms with E-state index in [1.807, 2.05) is 0 Å². The summed E-state index contributed by atoms with van der Waals surface area (Å²) < 4.78 is 0. The first-order valence-electron chi connectivity index (χ1n) is 16.3. The molecule has 8 aromatic carbocycles. The van der Waals surface area contributed by atoms with E-state index >= 15 is 0 Å². The maximum Gasteiger partial charge on any atom is 0.0432 e. The Kier molecular flexibility index (Phi) is 4.66. The fourth-order valence-electron chi connectivity index (χ4n) is 8.93. The van der Waals surface area contributed by atoms with Gasteiger partial charge in [0.2, 0.25) is 0 Å². The van der Waals surface area contributed by atoms with Crippen LogP contribution in [0.5, 0.6) is 0 Å². The smallest absolute Gasteiger partial charge is 0.0432 e. The molecular formula is C46H28. The minimum absolute atomic E-state index is 0.181. The van der Waals surface area contributed by atoms with Crippen molar-refractivity contribution in [3.63, 3.8) is 0 Å². The summed E-state index contributed by atoms with van der Waals surface area (Å²) >= 11 is 0. The molecule has 0 aromatic heterocycles. The van der Waals surface area contributed by atoms with Crippen molar-refractivity contribution in [3.05, 3.63) is 173 Å². The van der Waals surface area contributed by atoms with Crippen molar-refractivity contribution in [2.45, 2.75) is 6.42 Å². The summed E-state index contributed by atoms with van der Waals surface area (Å²) in [5.41, 5.74) is 5.45. The number of fused-ring (bicyclic) bond motifs is 13. The van der Waals surface area contributed by atoms with Crippen LogP contribution in [-0.2, 0) is 6.42 Å². The molecule has 1 spiro atoms. The zero-order chi connectivity index (χ0) is 30.0. The highest BCUT2D eigenvalue weighted by molar-refractivity contribution is 6.15. The van der Waals surface area contributed by atoms with Gasteiger partial charge in [-0.25, -0.2) is 0 Å². The van der Waals surface area contributed by atoms with Crippen LogP contribution in [0.1, 0.15) is 11.1 Å². The van der Waals surface area contributed by atoms with Crippen LogP contribution < -0.4 is 10.4 Å². The normalized spacial score (nSPS) is 18.1. The van der Waals surface area contributed by atoms with Crippen molar-refractivity contribution in [1.82, 2.24) is 0 Å². The topological polar surface area (TPSA) is 0 Å². The van der Waals surface area contributed by atoms with Crippen LogP contribution in [0.15, 0.2) is 151 Å². The SMILES string of the molecule is C1=CC2=c3ccc4cc5cc6ccc7ccccc7c6cc5cc4c3=CC3=Cc4c(c5ccccc5c5ccccc45)CC32C=C1. The second-order valence-electron chi connectivity index (χ2n) is 13.3. The summed E-state index contributed by atoms with van der Waals surface area (Å²) in [7, 11) is 0. The molecule has 0 radical (unpaired) electrons. The summed E-state index contributed by atoms with van der Waals surface area (Å²) in [6.07, 6.45) is 15.3. The Hall–Kier alpha value is -5.72. The third-order valence-electron chi connectivity index (χ3n) is 11.1. The standard InChI is InChI=1S/C46H28/c1-2-10-34-28(9-1)16-17-29-21-31-22-30-18-19-39-43(41(30)24-32(31)23-40(29)34)26-33-25-42-37-13-5-3-11-35(37)36-12-4-6-14-38(36)44(42)27-46(33)20-8-7-15-45(39)46/h1-26H,27H2. The van der Waals surface area contributed by atoms with Gasteiger partial charge in [0.05, 0.1) is 0 Å². The molecule has 0 saturated carbocycles. The molecule has 3 aliphatic carbocycles. The van der Waals surface area contributed by atoms with E-state index in [1.54, 1.807) is 0 Å². The third-order valence-corrected chi connectivity index (χ3v) is 11.1. The molecule has 0 fully saturated rings. The first-order chi connectivity index (χ1) is 22.7. The molecule has 0 aliphatic heterocycles. The van der Waals surface area contributed by atoms with Crippen LogP contribution in [0.25, 0.3) is 82.4 Å². The molecule has 0 bridgehead atoms. The van der Waals surface area contributed by atoms with Crippen molar-refractivity contribution in [2.75, 3.05) is 0 Å². The predicted octanol–water partition coefficient (Wildman–Crippen LogP) is 10.3. The molecule has 0 N–H and O–H groups in total. The van der Waals surface area contributed by atoms with E-state index in [9.17, 15) is 0 Å². The second-order valence-corrected chi connectivity index (χ2v) is 13.3. The van der Waals surface area contributed by atoms with Gasteiger partial charge in [0.15, 0.2) is 0 Å². The molecule has 0 heterocycles. The Morgan fingerprint density at radius 3 is 1.98 bits per heavy atom. The molecule has 3 aliphatic rings. The summed E-state index contributed by atoms with van der Waals surface area (Å²) in [5, 5.41) is 18.5. The molecule has 0 heteroatoms. The summed E-state index contributed by atoms with van der Waals surface area (Å²) in [6.45, 7) is 0. The van der Waals surface area contributed by atoms with Crippen LogP contribution in [-0.4, -0.2) is 0 Å². The quantitative estimate of drug-likeness (QED) is 0.124. The van der Waals surface area contributed by atoms with E-state index in [2.05, 4.69) is 158 Å². The van der Waals surface area contributed by atoms with Gasteiger partial charge in [0.1, 0.15) is 0 Å². The molecule has 1 atom stereocenters. The van der Waals surface area contributed by atoms with Crippen molar-refractivity contribution in [3.8, 4) is 0 Å². The van der Waals surface area contributed by atoms with Crippen LogP contribution in [0.2, 0.25) is 0 Å². The van der Waals surface area contributed by atoms with Gasteiger partial charge in [-0.05, 0) is 140 Å². The van der Waals surface area contributed by atoms with E-state index in [4.69, 9.17) is 0 Å². The summed E-state index contributed by atoms with van der Waals surface area (Å²) in [4.78, 5) is 0. The van der Waals surface area contributed by atoms with Crippen molar-refractivity contribution < 1.29 is 0 Å². The predicted molar refractivity (Wildman–Crippen MR) is 197 cm³/mol. The van der Waals surface area contributed by atoms with Gasteiger partial charge in [-0.3, -0.25) is 0 Å². The number of hydrogen-bond acceptors (Lipinski definition) is 0. The van der Waals surface area contributed by atoms with Gasteiger partial charge in [-0.15, -0.1) is 0 Å². The Balaban J connectivity index is 1.25. The first-order valence-corrected chi connectivity index (χ1v) is 16.3. The van der Waals surface area contributed by atoms with Crippen molar-refractivity contribution >= 4 is 82.4 Å². The fourth-order valence-corrected chi connectivity index (χ4v) is 8.93. The average Bonchev–Trinajstić information content (AvgIpc) is 3.11. The summed E-state index contributed by atoms with van der Waals surface area (Å²) in [5.74, 6) is 0. The molecule has 46 heavy (non-hydrogen) atoms. The molecule has 0 amide bonds. The molecular weight excluding hydrogens is 553 g/mol. The minimum atomic E-state index is -0.181. The highest BCUT2D eigenvalue weighted by Crippen LogP contribution is 2.52. The monoisotopic (exact) mass is 580 g/mol. The van der Waals surface area contributed by atoms with Crippen molar-refractivity contribution in [1.29, 1.82) is 0 Å². The lowest BCUT2D eigenvalue weighted by Gasteiger charge is -2.41. The average molecular weight is 581 g/mol. The lowest BCUT2D eigenvalue weighted by Crippen LogP contribution is -2.42. The Labute approximate surface area is 266 Å². The lowest BCUT2D eigenvalue weighted by molar-refractivity contribution is 0.616. The Morgan fingerprint density at radius 2 is 1.11 bits per heavy atom. The number of benzene rings is 8. The zero-order valence-corrected chi connectivity index (χ0v) is 25.2. The third kappa shape index (κ3) is 3.13. The molecule has 11 rings (SSSR count). The highest BCUT2D eigenvalue weighted by Gasteiger charge is 2.41. The lowest BCUT2D eigenvalue weighted by atomic mass is 9.61. The van der Waals surface area contributed by atoms with Gasteiger partial charge >= 0.3 is 0 Å². The van der Waals surface area contributed by atoms with Gasteiger partial charge < -0.3 is 0 Å². The second kappa shape index (κ2) is 8.71. The van der Waals surface area contributed by atoms with Gasteiger partial charge in [-0.2, -0.15) is 0 Å². The fraction of sp³-hybridized carbons (Fsp3) is 0.0435. The van der Waals surface area contributed by atoms with E-state index in [-0.39, 0.29) is 5.41 Å². The largest absolute Gasteiger partial charge is 0.0692 e. The summed E-state index contributed by atoms with van der Waals surface area (Å²) in [6, 6.07) is 45.5. The van der Waals surface area contributed by atoms with E-state index < -0.39 is 0 Å².